The second-order valence-electron chi connectivity index (χ2n) is 9.17. The smallest absolute Gasteiger partial charge is 0.408 e. The third-order valence-electron chi connectivity index (χ3n) is 6.35. The number of carbonyl (C=O) groups excluding carboxylic acids is 5. The number of methoxy groups -OCH3 is 1. The Kier molecular flexibility index (Phi) is 12.1. The largest absolute Gasteiger partial charge is 0.538 e. The number of amides is 2. The van der Waals surface area contributed by atoms with Gasteiger partial charge in [0.2, 0.25) is 5.76 Å². The maximum Gasteiger partial charge on any atom is 0.408 e. The number of rotatable bonds is 14. The van der Waals surface area contributed by atoms with Crippen LogP contribution in [0.25, 0.3) is 0 Å². The predicted octanol–water partition coefficient (Wildman–Crippen LogP) is 0.289. The minimum absolute atomic E-state index is 0.0249. The van der Waals surface area contributed by atoms with Gasteiger partial charge in [0.05, 0.1) is 28.7 Å². The molecule has 20 heteroatoms. The Hall–Kier alpha value is -4.04. The van der Waals surface area contributed by atoms with Gasteiger partial charge in [-0.05, 0) is 36.2 Å². The van der Waals surface area contributed by atoms with Crippen molar-refractivity contribution < 1.29 is 51.8 Å². The molecule has 3 radical (unpaired) electrons. The molecular formula is C26H22B2IN4O11S2. The van der Waals surface area contributed by atoms with E-state index >= 15 is 0 Å². The van der Waals surface area contributed by atoms with Gasteiger partial charge < -0.3 is 28.9 Å². The Morgan fingerprint density at radius 3 is 2.65 bits per heavy atom. The second-order valence-corrected chi connectivity index (χ2v) is 12.5. The summed E-state index contributed by atoms with van der Waals surface area (Å²) in [5.74, 6) is -2.89. The number of thiazole rings is 1. The number of esters is 1. The predicted molar refractivity (Wildman–Crippen MR) is 172 cm³/mol. The van der Waals surface area contributed by atoms with Crippen LogP contribution in [-0.2, 0) is 60.3 Å². The van der Waals surface area contributed by atoms with Gasteiger partial charge in [0.1, 0.15) is 35.2 Å². The fourth-order valence-corrected chi connectivity index (χ4v) is 7.47. The van der Waals surface area contributed by atoms with Crippen molar-refractivity contribution >= 4 is 96.2 Å². The van der Waals surface area contributed by atoms with E-state index in [0.29, 0.717) is 26.3 Å². The van der Waals surface area contributed by atoms with Crippen molar-refractivity contribution in [3.05, 3.63) is 68.9 Å². The molecule has 1 saturated heterocycles. The molecule has 3 heterocycles. The molecule has 3 atom stereocenters. The molecule has 15 nitrogen and oxygen atoms in total. The van der Waals surface area contributed by atoms with Crippen LogP contribution in [0.15, 0.2) is 57.8 Å². The summed E-state index contributed by atoms with van der Waals surface area (Å²) in [5.41, 5.74) is 0.672. The number of aromatic nitrogens is 1. The zero-order valence-corrected chi connectivity index (χ0v) is 27.8. The van der Waals surface area contributed by atoms with Gasteiger partial charge in [0, 0.05) is 9.81 Å². The van der Waals surface area contributed by atoms with E-state index in [9.17, 15) is 28.2 Å². The van der Waals surface area contributed by atoms with Crippen LogP contribution >= 0.6 is 33.9 Å². The van der Waals surface area contributed by atoms with Crippen molar-refractivity contribution in [2.75, 3.05) is 17.3 Å². The second kappa shape index (κ2) is 16.0. The molecule has 0 spiro atoms. The van der Waals surface area contributed by atoms with Crippen LogP contribution in [0.1, 0.15) is 16.3 Å². The first-order chi connectivity index (χ1) is 22.1. The van der Waals surface area contributed by atoms with E-state index in [1.165, 1.54) is 23.8 Å². The van der Waals surface area contributed by atoms with Gasteiger partial charge in [0.25, 0.3) is 18.3 Å². The lowest BCUT2D eigenvalue weighted by molar-refractivity contribution is -0.153. The number of benzene rings is 1. The number of hydrogen-bond acceptors (Lipinski definition) is 14. The maximum atomic E-state index is 13.5. The van der Waals surface area contributed by atoms with E-state index in [2.05, 4.69) is 24.8 Å². The molecule has 237 valence electrons. The van der Waals surface area contributed by atoms with Crippen LogP contribution in [0.5, 0.6) is 5.75 Å². The molecule has 1 aromatic carbocycles. The molecule has 2 aromatic rings. The third kappa shape index (κ3) is 7.84. The van der Waals surface area contributed by atoms with Crippen LogP contribution < -0.4 is 10.1 Å². The van der Waals surface area contributed by atoms with Crippen molar-refractivity contribution in [2.45, 2.75) is 24.9 Å². The van der Waals surface area contributed by atoms with E-state index in [1.54, 1.807) is 31.2 Å². The Morgan fingerprint density at radius 2 is 2.04 bits per heavy atom. The zero-order valence-electron chi connectivity index (χ0n) is 24.0. The molecule has 0 bridgehead atoms. The van der Waals surface area contributed by atoms with Gasteiger partial charge in [0.15, 0.2) is 5.71 Å². The summed E-state index contributed by atoms with van der Waals surface area (Å²) < 4.78 is 32.7. The summed E-state index contributed by atoms with van der Waals surface area (Å²) in [6.07, 6.45) is 0. The Balaban J connectivity index is 1.54. The summed E-state index contributed by atoms with van der Waals surface area (Å²) in [4.78, 5) is 72.8. The average Bonchev–Trinajstić information content (AvgIpc) is 3.50. The van der Waals surface area contributed by atoms with E-state index < -0.39 is 57.4 Å². The first-order valence-corrected chi connectivity index (χ1v) is 16.7. The number of nitrogens with one attached hydrogen (secondary N) is 1. The number of carbonyl (C=O) groups is 5. The number of hydrogen-bond donors (Lipinski definition) is 1. The molecule has 0 aliphatic carbocycles. The minimum Gasteiger partial charge on any atom is -0.538 e. The number of ether oxygens (including phenoxy) is 2. The lowest BCUT2D eigenvalue weighted by Crippen LogP contribution is -2.74. The van der Waals surface area contributed by atoms with Crippen molar-refractivity contribution in [1.82, 2.24) is 15.2 Å². The van der Waals surface area contributed by atoms with Gasteiger partial charge in [-0.1, -0.05) is 39.9 Å². The summed E-state index contributed by atoms with van der Waals surface area (Å²) in [5, 5.41) is 7.15. The van der Waals surface area contributed by atoms with E-state index in [0.717, 1.165) is 18.4 Å². The SMILES string of the molecule is [B]OC(=O)/C(=C\[B]OC=O)O/N=C(/C(=O)N[C@@H]1C(=O)N2C(C(=O)OCc3ccc(OC)cc3)=C(CI)CS(=O)[C@H]12)c1csc(C)n1. The first-order valence-electron chi connectivity index (χ1n) is 12.9. The molecule has 1 N–H and O–H groups in total. The van der Waals surface area contributed by atoms with Crippen LogP contribution in [0.2, 0.25) is 0 Å². The summed E-state index contributed by atoms with van der Waals surface area (Å²) in [6, 6.07) is 5.56. The van der Waals surface area contributed by atoms with E-state index in [-0.39, 0.29) is 30.2 Å². The molecule has 0 saturated carbocycles. The molecular weight excluding hydrogens is 757 g/mol. The standard InChI is InChI=1S/C26H22B2IN4O11S2/c1-13-30-17(10-45-13)19(32-44-18(25(37)43-27)7-28-42-12-34)22(35)31-20-23(36)33-21(15(8-29)11-46(39)24(20)33)26(38)41-9-14-3-5-16(40-2)6-4-14/h3-7,10,12,20,24H,8-9,11H2,1-2H3,(H,31,35)/b18-7+,32-19+/t20-,24-,46?/m1/s1. The molecule has 2 aliphatic rings. The summed E-state index contributed by atoms with van der Waals surface area (Å²) >= 11 is 3.18. The molecule has 2 amide bonds. The fraction of sp³-hybridized carbons (Fsp3) is 0.269. The first kappa shape index (κ1) is 34.8. The van der Waals surface area contributed by atoms with Gasteiger partial charge in [-0.2, -0.15) is 0 Å². The van der Waals surface area contributed by atoms with Crippen LogP contribution in [-0.4, -0.2) is 94.3 Å². The Bertz CT molecular complexity index is 1650. The number of fused-ring (bicyclic) bond motifs is 1. The minimum atomic E-state index is -1.69. The topological polar surface area (TPSA) is 189 Å². The van der Waals surface area contributed by atoms with Crippen LogP contribution in [0.3, 0.4) is 0 Å². The number of halogens is 1. The number of nitrogens with zero attached hydrogens (tertiary/aromatic N) is 3. The van der Waals surface area contributed by atoms with E-state index in [4.69, 9.17) is 22.4 Å². The average molecular weight is 779 g/mol. The highest BCUT2D eigenvalue weighted by atomic mass is 127. The number of aryl methyl sites for hydroxylation is 1. The fourth-order valence-electron chi connectivity index (χ4n) is 4.19. The monoisotopic (exact) mass is 779 g/mol. The lowest BCUT2D eigenvalue weighted by Gasteiger charge is -2.49. The number of oxime groups is 1. The molecule has 1 fully saturated rings. The van der Waals surface area contributed by atoms with Crippen LogP contribution in [0.4, 0.5) is 0 Å². The highest BCUT2D eigenvalue weighted by Gasteiger charge is 2.57. The van der Waals surface area contributed by atoms with Crippen molar-refractivity contribution in [2.24, 2.45) is 5.16 Å². The highest BCUT2D eigenvalue weighted by Crippen LogP contribution is 2.36. The zero-order chi connectivity index (χ0) is 33.4. The molecule has 4 rings (SSSR count). The van der Waals surface area contributed by atoms with Gasteiger partial charge in [-0.3, -0.25) is 23.5 Å². The molecule has 1 unspecified atom stereocenters. The van der Waals surface area contributed by atoms with Crippen LogP contribution in [0, 0.1) is 6.92 Å². The Labute approximate surface area is 284 Å². The van der Waals surface area contributed by atoms with Crippen molar-refractivity contribution in [1.29, 1.82) is 0 Å². The van der Waals surface area contributed by atoms with E-state index in [1.807, 2.05) is 22.6 Å². The summed E-state index contributed by atoms with van der Waals surface area (Å²) in [6.45, 7) is 1.65. The maximum absolute atomic E-state index is 13.5. The normalized spacial score (nSPS) is 19.3. The Morgan fingerprint density at radius 1 is 1.30 bits per heavy atom. The summed E-state index contributed by atoms with van der Waals surface area (Å²) in [7, 11) is 5.52. The molecule has 2 aliphatic heterocycles. The molecule has 46 heavy (non-hydrogen) atoms. The van der Waals surface area contributed by atoms with Gasteiger partial charge >= 0.3 is 27.5 Å². The number of β-lactam (4-membered cyclic amide) rings is 1. The number of alkyl halides is 1. The van der Waals surface area contributed by atoms with Gasteiger partial charge in [-0.25, -0.2) is 14.6 Å². The van der Waals surface area contributed by atoms with Crippen molar-refractivity contribution in [3.8, 4) is 5.75 Å². The quantitative estimate of drug-likeness (QED) is 0.0236. The highest BCUT2D eigenvalue weighted by molar-refractivity contribution is 14.1. The lowest BCUT2D eigenvalue weighted by atomic mass is 10.0. The van der Waals surface area contributed by atoms with Crippen molar-refractivity contribution in [3.63, 3.8) is 0 Å². The third-order valence-corrected chi connectivity index (χ3v) is 9.70. The molecule has 1 aromatic heterocycles. The van der Waals surface area contributed by atoms with Gasteiger partial charge in [-0.15, -0.1) is 11.3 Å².